The molecule has 1 aliphatic heterocycles. The molecular weight excluding hydrogens is 299 g/mol. The molecule has 2 heterocycles. The zero-order chi connectivity index (χ0) is 15.5. The number of rotatable bonds is 2. The zero-order valence-corrected chi connectivity index (χ0v) is 13.4. The van der Waals surface area contributed by atoms with Crippen LogP contribution in [0.15, 0.2) is 29.6 Å². The van der Waals surface area contributed by atoms with Crippen LogP contribution in [0, 0.1) is 12.7 Å². The van der Waals surface area contributed by atoms with Gasteiger partial charge in [-0.15, -0.1) is 11.3 Å². The van der Waals surface area contributed by atoms with Gasteiger partial charge in [-0.25, -0.2) is 9.37 Å². The van der Waals surface area contributed by atoms with Crippen molar-refractivity contribution in [2.45, 2.75) is 32.1 Å². The van der Waals surface area contributed by atoms with Gasteiger partial charge in [0.1, 0.15) is 11.5 Å². The number of halogens is 1. The van der Waals surface area contributed by atoms with Gasteiger partial charge in [-0.1, -0.05) is 18.6 Å². The number of hydrogen-bond donors (Lipinski definition) is 0. The summed E-state index contributed by atoms with van der Waals surface area (Å²) in [6.07, 6.45) is 3.12. The zero-order valence-electron chi connectivity index (χ0n) is 12.6. The van der Waals surface area contributed by atoms with E-state index >= 15 is 0 Å². The van der Waals surface area contributed by atoms with E-state index in [0.717, 1.165) is 36.4 Å². The van der Waals surface area contributed by atoms with Crippen molar-refractivity contribution in [2.75, 3.05) is 13.1 Å². The van der Waals surface area contributed by atoms with Crippen molar-refractivity contribution in [3.63, 3.8) is 0 Å². The Kier molecular flexibility index (Phi) is 4.52. The number of amides is 1. The number of carbonyl (C=O) groups excluding carboxylic acids is 1. The number of aryl methyl sites for hydroxylation is 1. The average Bonchev–Trinajstić information content (AvgIpc) is 2.81. The molecule has 2 aromatic rings. The van der Waals surface area contributed by atoms with Gasteiger partial charge in [-0.2, -0.15) is 0 Å². The second-order valence-electron chi connectivity index (χ2n) is 5.75. The Hall–Kier alpha value is -1.75. The van der Waals surface area contributed by atoms with E-state index in [2.05, 4.69) is 4.98 Å². The summed E-state index contributed by atoms with van der Waals surface area (Å²) in [7, 11) is 0. The van der Waals surface area contributed by atoms with Crippen molar-refractivity contribution in [1.82, 2.24) is 9.88 Å². The second kappa shape index (κ2) is 6.57. The fraction of sp³-hybridized carbons (Fsp3) is 0.412. The Bertz CT molecular complexity index is 653. The third-order valence-electron chi connectivity index (χ3n) is 4.14. The maximum Gasteiger partial charge on any atom is 0.273 e. The van der Waals surface area contributed by atoms with Crippen LogP contribution in [0.25, 0.3) is 0 Å². The van der Waals surface area contributed by atoms with Crippen LogP contribution < -0.4 is 0 Å². The van der Waals surface area contributed by atoms with Gasteiger partial charge in [-0.3, -0.25) is 4.79 Å². The Morgan fingerprint density at radius 3 is 2.77 bits per heavy atom. The normalized spacial score (nSPS) is 19.0. The summed E-state index contributed by atoms with van der Waals surface area (Å²) >= 11 is 1.50. The molecule has 1 aliphatic rings. The van der Waals surface area contributed by atoms with Crippen LogP contribution in [0.3, 0.4) is 0 Å². The number of nitrogens with zero attached hydrogens (tertiary/aromatic N) is 2. The lowest BCUT2D eigenvalue weighted by Gasteiger charge is -2.24. The fourth-order valence-corrected chi connectivity index (χ4v) is 3.54. The molecule has 0 spiro atoms. The van der Waals surface area contributed by atoms with Crippen LogP contribution >= 0.6 is 11.3 Å². The maximum atomic E-state index is 13.1. The standard InChI is InChI=1S/C17H19FN2OS/c1-12-19-16(11-22-12)17(21)20-9-3-2-4-14(10-20)13-5-7-15(18)8-6-13/h5-8,11,14H,2-4,9-10H2,1H3/t14-/m1/s1. The van der Waals surface area contributed by atoms with E-state index < -0.39 is 0 Å². The molecule has 1 atom stereocenters. The van der Waals surface area contributed by atoms with Crippen molar-refractivity contribution in [3.8, 4) is 0 Å². The molecule has 0 radical (unpaired) electrons. The maximum absolute atomic E-state index is 13.1. The minimum absolute atomic E-state index is 0.0124. The SMILES string of the molecule is Cc1nc(C(=O)N2CCCC[C@@H](c3ccc(F)cc3)C2)cs1. The highest BCUT2D eigenvalue weighted by molar-refractivity contribution is 7.09. The number of carbonyl (C=O) groups is 1. The summed E-state index contributed by atoms with van der Waals surface area (Å²) in [5.74, 6) is 0.0633. The van der Waals surface area contributed by atoms with E-state index in [1.165, 1.54) is 23.5 Å². The van der Waals surface area contributed by atoms with Gasteiger partial charge in [0.2, 0.25) is 0 Å². The van der Waals surface area contributed by atoms with E-state index in [0.29, 0.717) is 12.2 Å². The quantitative estimate of drug-likeness (QED) is 0.838. The molecule has 5 heteroatoms. The van der Waals surface area contributed by atoms with Crippen molar-refractivity contribution in [3.05, 3.63) is 51.7 Å². The Morgan fingerprint density at radius 1 is 1.32 bits per heavy atom. The van der Waals surface area contributed by atoms with Crippen LogP contribution in [0.4, 0.5) is 4.39 Å². The van der Waals surface area contributed by atoms with E-state index in [1.54, 1.807) is 0 Å². The molecule has 1 aromatic heterocycles. The molecule has 0 unspecified atom stereocenters. The minimum atomic E-state index is -0.219. The van der Waals surface area contributed by atoms with E-state index in [1.807, 2.05) is 29.3 Å². The minimum Gasteiger partial charge on any atom is -0.337 e. The number of thiazole rings is 1. The molecule has 116 valence electrons. The molecule has 0 bridgehead atoms. The first kappa shape index (κ1) is 15.2. The van der Waals surface area contributed by atoms with Crippen LogP contribution in [0.2, 0.25) is 0 Å². The summed E-state index contributed by atoms with van der Waals surface area (Å²) < 4.78 is 13.1. The summed E-state index contributed by atoms with van der Waals surface area (Å²) in [4.78, 5) is 18.8. The molecule has 1 amide bonds. The highest BCUT2D eigenvalue weighted by Crippen LogP contribution is 2.27. The first-order valence-electron chi connectivity index (χ1n) is 7.60. The summed E-state index contributed by atoms with van der Waals surface area (Å²) in [5.41, 5.74) is 1.65. The molecule has 0 saturated carbocycles. The predicted octanol–water partition coefficient (Wildman–Crippen LogP) is 4.00. The number of aromatic nitrogens is 1. The first-order valence-corrected chi connectivity index (χ1v) is 8.48. The lowest BCUT2D eigenvalue weighted by atomic mass is 9.94. The average molecular weight is 318 g/mol. The molecule has 0 N–H and O–H groups in total. The number of benzene rings is 1. The Morgan fingerprint density at radius 2 is 2.09 bits per heavy atom. The second-order valence-corrected chi connectivity index (χ2v) is 6.81. The van der Waals surface area contributed by atoms with Gasteiger partial charge in [0, 0.05) is 24.4 Å². The summed E-state index contributed by atoms with van der Waals surface area (Å²) in [6, 6.07) is 6.66. The van der Waals surface area contributed by atoms with Gasteiger partial charge in [0.15, 0.2) is 0 Å². The molecule has 0 aliphatic carbocycles. The Labute approximate surface area is 133 Å². The lowest BCUT2D eigenvalue weighted by Crippen LogP contribution is -2.34. The third-order valence-corrected chi connectivity index (χ3v) is 4.91. The fourth-order valence-electron chi connectivity index (χ4n) is 2.96. The summed E-state index contributed by atoms with van der Waals surface area (Å²) in [5, 5.41) is 2.74. The molecule has 3 rings (SSSR count). The van der Waals surface area contributed by atoms with Gasteiger partial charge >= 0.3 is 0 Å². The molecule has 1 saturated heterocycles. The van der Waals surface area contributed by atoms with Crippen molar-refractivity contribution >= 4 is 17.2 Å². The highest BCUT2D eigenvalue weighted by atomic mass is 32.1. The molecule has 22 heavy (non-hydrogen) atoms. The van der Waals surface area contributed by atoms with Crippen molar-refractivity contribution < 1.29 is 9.18 Å². The lowest BCUT2D eigenvalue weighted by molar-refractivity contribution is 0.0749. The number of likely N-dealkylation sites (tertiary alicyclic amines) is 1. The third kappa shape index (κ3) is 3.35. The smallest absolute Gasteiger partial charge is 0.273 e. The van der Waals surface area contributed by atoms with Crippen molar-refractivity contribution in [2.24, 2.45) is 0 Å². The van der Waals surface area contributed by atoms with Crippen LogP contribution in [0.1, 0.15) is 46.2 Å². The largest absolute Gasteiger partial charge is 0.337 e. The van der Waals surface area contributed by atoms with E-state index in [-0.39, 0.29) is 17.6 Å². The van der Waals surface area contributed by atoms with Gasteiger partial charge in [0.25, 0.3) is 5.91 Å². The first-order chi connectivity index (χ1) is 10.6. The predicted molar refractivity (Wildman–Crippen MR) is 85.7 cm³/mol. The molecule has 3 nitrogen and oxygen atoms in total. The van der Waals surface area contributed by atoms with Gasteiger partial charge < -0.3 is 4.90 Å². The molecule has 1 aromatic carbocycles. The van der Waals surface area contributed by atoms with E-state index in [9.17, 15) is 9.18 Å². The van der Waals surface area contributed by atoms with Crippen LogP contribution in [-0.2, 0) is 0 Å². The topological polar surface area (TPSA) is 33.2 Å². The van der Waals surface area contributed by atoms with Crippen LogP contribution in [-0.4, -0.2) is 28.9 Å². The Balaban J connectivity index is 1.77. The van der Waals surface area contributed by atoms with Gasteiger partial charge in [0.05, 0.1) is 5.01 Å². The number of hydrogen-bond acceptors (Lipinski definition) is 3. The van der Waals surface area contributed by atoms with Gasteiger partial charge in [-0.05, 0) is 37.5 Å². The molecule has 1 fully saturated rings. The van der Waals surface area contributed by atoms with Crippen LogP contribution in [0.5, 0.6) is 0 Å². The summed E-state index contributed by atoms with van der Waals surface area (Å²) in [6.45, 7) is 3.36. The monoisotopic (exact) mass is 318 g/mol. The molecular formula is C17H19FN2OS. The highest BCUT2D eigenvalue weighted by Gasteiger charge is 2.25. The van der Waals surface area contributed by atoms with E-state index in [4.69, 9.17) is 0 Å². The van der Waals surface area contributed by atoms with Crippen molar-refractivity contribution in [1.29, 1.82) is 0 Å².